The van der Waals surface area contributed by atoms with Crippen LogP contribution in [0.4, 0.5) is 0 Å². The third kappa shape index (κ3) is 2.35. The number of carboxylic acid groups (broad SMARTS) is 1. The van der Waals surface area contributed by atoms with Gasteiger partial charge in [-0.1, -0.05) is 41.5 Å². The molecular formula is C28H46O2. The number of hydrogen-bond acceptors (Lipinski definition) is 1. The van der Waals surface area contributed by atoms with Crippen LogP contribution in [0, 0.1) is 56.7 Å². The molecule has 1 N–H and O–H groups in total. The Morgan fingerprint density at radius 1 is 0.900 bits per heavy atom. The largest absolute Gasteiger partial charge is 0.481 e. The molecule has 2 unspecified atom stereocenters. The van der Waals surface area contributed by atoms with Gasteiger partial charge in [0.1, 0.15) is 0 Å². The Kier molecular flexibility index (Phi) is 4.47. The van der Waals surface area contributed by atoms with Crippen molar-refractivity contribution in [2.24, 2.45) is 56.7 Å². The smallest absolute Gasteiger partial charge is 0.303 e. The van der Waals surface area contributed by atoms with E-state index in [2.05, 4.69) is 41.5 Å². The van der Waals surface area contributed by atoms with Crippen molar-refractivity contribution in [3.05, 3.63) is 0 Å². The van der Waals surface area contributed by atoms with E-state index in [0.717, 1.165) is 30.1 Å². The van der Waals surface area contributed by atoms with E-state index in [4.69, 9.17) is 0 Å². The molecule has 5 aliphatic carbocycles. The molecule has 0 amide bonds. The van der Waals surface area contributed by atoms with Crippen molar-refractivity contribution in [2.45, 2.75) is 112 Å². The number of rotatable bonds is 4. The minimum Gasteiger partial charge on any atom is -0.481 e. The minimum atomic E-state index is -0.622. The maximum Gasteiger partial charge on any atom is 0.303 e. The molecule has 2 heteroatoms. The second kappa shape index (κ2) is 6.28. The molecule has 0 radical (unpaired) electrons. The SMILES string of the molecule is C[C@H](CCC(=O)O)[C@H]1CC[C@@]2(C)[C@@H]3CC[C@H]4C(C)(C)[C@@H](C)CCC45CC35CC[C@]12C. The monoisotopic (exact) mass is 414 g/mol. The predicted octanol–water partition coefficient (Wildman–Crippen LogP) is 7.56. The third-order valence-corrected chi connectivity index (χ3v) is 13.2. The topological polar surface area (TPSA) is 37.3 Å². The summed E-state index contributed by atoms with van der Waals surface area (Å²) in [5.74, 6) is 3.38. The van der Waals surface area contributed by atoms with Crippen molar-refractivity contribution in [3.63, 3.8) is 0 Å². The van der Waals surface area contributed by atoms with Gasteiger partial charge >= 0.3 is 5.97 Å². The van der Waals surface area contributed by atoms with Crippen molar-refractivity contribution < 1.29 is 9.90 Å². The van der Waals surface area contributed by atoms with Gasteiger partial charge in [-0.2, -0.15) is 0 Å². The Hall–Kier alpha value is -0.530. The van der Waals surface area contributed by atoms with E-state index in [9.17, 15) is 9.90 Å². The highest BCUT2D eigenvalue weighted by atomic mass is 16.4. The van der Waals surface area contributed by atoms with Gasteiger partial charge in [0, 0.05) is 6.42 Å². The first-order valence-electron chi connectivity index (χ1n) is 13.2. The number of carbonyl (C=O) groups is 1. The maximum atomic E-state index is 11.2. The van der Waals surface area contributed by atoms with Crippen LogP contribution >= 0.6 is 0 Å². The summed E-state index contributed by atoms with van der Waals surface area (Å²) in [4.78, 5) is 11.2. The van der Waals surface area contributed by atoms with Gasteiger partial charge in [-0.3, -0.25) is 4.79 Å². The van der Waals surface area contributed by atoms with Crippen LogP contribution in [0.5, 0.6) is 0 Å². The van der Waals surface area contributed by atoms with Crippen LogP contribution in [0.1, 0.15) is 112 Å². The van der Waals surface area contributed by atoms with Gasteiger partial charge in [-0.05, 0) is 121 Å². The zero-order valence-corrected chi connectivity index (χ0v) is 20.5. The van der Waals surface area contributed by atoms with E-state index in [1.54, 1.807) is 0 Å². The molecule has 170 valence electrons. The summed E-state index contributed by atoms with van der Waals surface area (Å²) in [6.07, 6.45) is 14.2. The molecule has 0 aromatic carbocycles. The molecule has 2 spiro atoms. The maximum absolute atomic E-state index is 11.2. The lowest BCUT2D eigenvalue weighted by Crippen LogP contribution is -2.56. The summed E-state index contributed by atoms with van der Waals surface area (Å²) in [6, 6.07) is 0. The Balaban J connectivity index is 1.44. The van der Waals surface area contributed by atoms with Crippen molar-refractivity contribution in [1.29, 1.82) is 0 Å². The zero-order chi connectivity index (χ0) is 21.7. The Bertz CT molecular complexity index is 741. The molecule has 5 rings (SSSR count). The van der Waals surface area contributed by atoms with Gasteiger partial charge in [-0.25, -0.2) is 0 Å². The summed E-state index contributed by atoms with van der Waals surface area (Å²) in [6.45, 7) is 15.4. The predicted molar refractivity (Wildman–Crippen MR) is 122 cm³/mol. The average molecular weight is 415 g/mol. The van der Waals surface area contributed by atoms with Gasteiger partial charge in [0.15, 0.2) is 0 Å². The molecule has 2 nitrogen and oxygen atoms in total. The lowest BCUT2D eigenvalue weighted by Gasteiger charge is -2.63. The van der Waals surface area contributed by atoms with Crippen LogP contribution in [0.3, 0.4) is 0 Å². The normalized spacial score (nSPS) is 54.3. The van der Waals surface area contributed by atoms with E-state index in [0.29, 0.717) is 39.4 Å². The number of fused-ring (bicyclic) bond motifs is 2. The van der Waals surface area contributed by atoms with Crippen molar-refractivity contribution >= 4 is 5.97 Å². The van der Waals surface area contributed by atoms with E-state index in [-0.39, 0.29) is 0 Å². The van der Waals surface area contributed by atoms with Crippen molar-refractivity contribution in [1.82, 2.24) is 0 Å². The first kappa shape index (κ1) is 21.3. The van der Waals surface area contributed by atoms with E-state index in [1.165, 1.54) is 57.8 Å². The zero-order valence-electron chi connectivity index (χ0n) is 20.5. The van der Waals surface area contributed by atoms with Crippen LogP contribution in [-0.4, -0.2) is 11.1 Å². The summed E-state index contributed by atoms with van der Waals surface area (Å²) >= 11 is 0. The average Bonchev–Trinajstić information content (AvgIpc) is 3.26. The highest BCUT2D eigenvalue weighted by Gasteiger charge is 2.81. The molecule has 5 aliphatic rings. The molecule has 0 aromatic heterocycles. The van der Waals surface area contributed by atoms with Crippen molar-refractivity contribution in [2.75, 3.05) is 0 Å². The fourth-order valence-corrected chi connectivity index (χ4v) is 11.0. The van der Waals surface area contributed by atoms with Gasteiger partial charge in [0.2, 0.25) is 0 Å². The van der Waals surface area contributed by atoms with Crippen LogP contribution in [-0.2, 0) is 4.79 Å². The Labute approximate surface area is 185 Å². The van der Waals surface area contributed by atoms with Crippen molar-refractivity contribution in [3.8, 4) is 0 Å². The molecule has 0 bridgehead atoms. The fraction of sp³-hybridized carbons (Fsp3) is 0.964. The van der Waals surface area contributed by atoms with Crippen LogP contribution < -0.4 is 0 Å². The van der Waals surface area contributed by atoms with E-state index < -0.39 is 5.97 Å². The van der Waals surface area contributed by atoms with Crippen LogP contribution in [0.15, 0.2) is 0 Å². The molecule has 0 saturated heterocycles. The second-order valence-electron chi connectivity index (χ2n) is 13.8. The molecule has 5 saturated carbocycles. The van der Waals surface area contributed by atoms with Gasteiger partial charge < -0.3 is 5.11 Å². The van der Waals surface area contributed by atoms with Gasteiger partial charge in [-0.15, -0.1) is 0 Å². The molecule has 0 heterocycles. The highest BCUT2D eigenvalue weighted by Crippen LogP contribution is 2.89. The van der Waals surface area contributed by atoms with Crippen LogP contribution in [0.25, 0.3) is 0 Å². The summed E-state index contributed by atoms with van der Waals surface area (Å²) in [5, 5.41) is 9.22. The Morgan fingerprint density at radius 2 is 1.57 bits per heavy atom. The highest BCUT2D eigenvalue weighted by molar-refractivity contribution is 5.66. The number of aliphatic carboxylic acids is 1. The molecule has 30 heavy (non-hydrogen) atoms. The van der Waals surface area contributed by atoms with Gasteiger partial charge in [0.25, 0.3) is 0 Å². The summed E-state index contributed by atoms with van der Waals surface area (Å²) < 4.78 is 0. The lowest BCUT2D eigenvalue weighted by atomic mass is 9.41. The second-order valence-corrected chi connectivity index (χ2v) is 13.8. The molecule has 0 aromatic rings. The first-order valence-corrected chi connectivity index (χ1v) is 13.2. The Morgan fingerprint density at radius 3 is 2.27 bits per heavy atom. The molecule has 5 fully saturated rings. The molecular weight excluding hydrogens is 368 g/mol. The minimum absolute atomic E-state index is 0.343. The first-order chi connectivity index (χ1) is 13.9. The molecule has 0 aliphatic heterocycles. The number of hydrogen-bond donors (Lipinski definition) is 1. The fourth-order valence-electron chi connectivity index (χ4n) is 11.0. The van der Waals surface area contributed by atoms with E-state index in [1.807, 2.05) is 0 Å². The van der Waals surface area contributed by atoms with Gasteiger partial charge in [0.05, 0.1) is 0 Å². The number of carboxylic acids is 1. The molecule has 9 atom stereocenters. The quantitative estimate of drug-likeness (QED) is 0.515. The third-order valence-electron chi connectivity index (χ3n) is 13.2. The van der Waals surface area contributed by atoms with E-state index >= 15 is 0 Å². The lowest BCUT2D eigenvalue weighted by molar-refractivity contribution is -0.150. The standard InChI is InChI=1S/C28H46O2/c1-18(7-10-23(29)30)20-12-13-26(6)22-9-8-21-24(3,4)19(2)11-14-27(21)17-28(22,27)16-15-25(20,26)5/h18-22H,7-17H2,1-6H3,(H,29,30)/t18-,19+,20-,21+,22+,25-,26+,27?,28?/m1/s1. The summed E-state index contributed by atoms with van der Waals surface area (Å²) in [7, 11) is 0. The van der Waals surface area contributed by atoms with Crippen LogP contribution in [0.2, 0.25) is 0 Å². The summed E-state index contributed by atoms with van der Waals surface area (Å²) in [5.41, 5.74) is 2.71.